The summed E-state index contributed by atoms with van der Waals surface area (Å²) >= 11 is 9.23. The summed E-state index contributed by atoms with van der Waals surface area (Å²) < 4.78 is 0.868. The Balaban J connectivity index is 2.43. The summed E-state index contributed by atoms with van der Waals surface area (Å²) in [4.78, 5) is 12.8. The van der Waals surface area contributed by atoms with Gasteiger partial charge in [-0.2, -0.15) is 0 Å². The van der Waals surface area contributed by atoms with Crippen LogP contribution in [0.15, 0.2) is 22.7 Å². The van der Waals surface area contributed by atoms with Crippen LogP contribution in [0.4, 0.5) is 0 Å². The maximum atomic E-state index is 11.3. The monoisotopic (exact) mass is 304 g/mol. The molecule has 0 saturated carbocycles. The van der Waals surface area contributed by atoms with Gasteiger partial charge in [0, 0.05) is 25.1 Å². The first kappa shape index (κ1) is 13.5. The fraction of sp³-hybridized carbons (Fsp3) is 0.364. The molecule has 0 bridgehead atoms. The van der Waals surface area contributed by atoms with Gasteiger partial charge in [-0.25, -0.2) is 0 Å². The molecular formula is C11H14BrClN2O. The molecule has 5 heteroatoms. The number of benzene rings is 1. The molecule has 0 fully saturated rings. The maximum absolute atomic E-state index is 11.3. The summed E-state index contributed by atoms with van der Waals surface area (Å²) in [6, 6.07) is 5.70. The van der Waals surface area contributed by atoms with E-state index in [9.17, 15) is 4.79 Å². The van der Waals surface area contributed by atoms with Crippen LogP contribution in [0.3, 0.4) is 0 Å². The predicted molar refractivity (Wildman–Crippen MR) is 69.6 cm³/mol. The Hall–Kier alpha value is -0.580. The van der Waals surface area contributed by atoms with Gasteiger partial charge in [0.25, 0.3) is 0 Å². The second-order valence-corrected chi connectivity index (χ2v) is 4.90. The number of halogens is 2. The molecule has 1 aromatic carbocycles. The van der Waals surface area contributed by atoms with Gasteiger partial charge in [0.15, 0.2) is 0 Å². The van der Waals surface area contributed by atoms with Crippen molar-refractivity contribution in [1.29, 1.82) is 0 Å². The van der Waals surface area contributed by atoms with E-state index in [2.05, 4.69) is 21.2 Å². The van der Waals surface area contributed by atoms with Crippen molar-refractivity contribution in [2.24, 2.45) is 0 Å². The molecule has 1 rings (SSSR count). The quantitative estimate of drug-likeness (QED) is 0.925. The highest BCUT2D eigenvalue weighted by Crippen LogP contribution is 2.22. The summed E-state index contributed by atoms with van der Waals surface area (Å²) in [5.74, 6) is 0.0630. The third-order valence-electron chi connectivity index (χ3n) is 2.09. The minimum absolute atomic E-state index is 0.0630. The maximum Gasteiger partial charge on any atom is 0.236 e. The molecule has 0 radical (unpaired) electrons. The van der Waals surface area contributed by atoms with E-state index in [4.69, 9.17) is 11.6 Å². The van der Waals surface area contributed by atoms with Crippen molar-refractivity contribution in [3.8, 4) is 0 Å². The predicted octanol–water partition coefficient (Wildman–Crippen LogP) is 2.28. The second kappa shape index (κ2) is 6.23. The highest BCUT2D eigenvalue weighted by molar-refractivity contribution is 9.10. The molecule has 88 valence electrons. The molecule has 1 amide bonds. The molecule has 0 saturated heterocycles. The Labute approximate surface area is 109 Å². The summed E-state index contributed by atoms with van der Waals surface area (Å²) in [7, 11) is 3.48. The van der Waals surface area contributed by atoms with Crippen LogP contribution in [-0.2, 0) is 11.3 Å². The van der Waals surface area contributed by atoms with E-state index in [-0.39, 0.29) is 5.91 Å². The summed E-state index contributed by atoms with van der Waals surface area (Å²) in [6.07, 6.45) is 0. The summed E-state index contributed by atoms with van der Waals surface area (Å²) in [5.41, 5.74) is 1.09. The van der Waals surface area contributed by atoms with Gasteiger partial charge in [0.2, 0.25) is 5.91 Å². The number of amides is 1. The third-order valence-corrected chi connectivity index (χ3v) is 3.30. The molecule has 0 unspecified atom stereocenters. The molecule has 0 heterocycles. The molecule has 0 aromatic heterocycles. The minimum atomic E-state index is 0.0630. The Bertz CT molecular complexity index is 382. The van der Waals surface area contributed by atoms with Crippen LogP contribution < -0.4 is 5.32 Å². The number of rotatable bonds is 4. The van der Waals surface area contributed by atoms with Gasteiger partial charge in [-0.3, -0.25) is 4.79 Å². The molecule has 0 spiro atoms. The van der Waals surface area contributed by atoms with Crippen molar-refractivity contribution in [2.45, 2.75) is 6.54 Å². The van der Waals surface area contributed by atoms with Crippen LogP contribution in [0.2, 0.25) is 5.02 Å². The Morgan fingerprint density at radius 1 is 1.50 bits per heavy atom. The van der Waals surface area contributed by atoms with Crippen LogP contribution in [0.25, 0.3) is 0 Å². The first-order valence-corrected chi connectivity index (χ1v) is 6.02. The molecule has 0 aliphatic heterocycles. The molecular weight excluding hydrogens is 291 g/mol. The first-order valence-electron chi connectivity index (χ1n) is 4.85. The number of carbonyl (C=O) groups is 1. The summed E-state index contributed by atoms with van der Waals surface area (Å²) in [5, 5.41) is 3.76. The van der Waals surface area contributed by atoms with Crippen LogP contribution in [0.1, 0.15) is 5.56 Å². The van der Waals surface area contributed by atoms with E-state index >= 15 is 0 Å². The van der Waals surface area contributed by atoms with Crippen molar-refractivity contribution >= 4 is 33.4 Å². The SMILES string of the molecule is CN(C)C(=O)CNCc1ccc(Cl)c(Br)c1. The Morgan fingerprint density at radius 3 is 2.75 bits per heavy atom. The van der Waals surface area contributed by atoms with Gasteiger partial charge in [-0.1, -0.05) is 17.7 Å². The molecule has 0 aliphatic rings. The smallest absolute Gasteiger partial charge is 0.236 e. The zero-order valence-electron chi connectivity index (χ0n) is 9.26. The molecule has 0 aliphatic carbocycles. The van der Waals surface area contributed by atoms with Crippen molar-refractivity contribution in [2.75, 3.05) is 20.6 Å². The number of hydrogen-bond donors (Lipinski definition) is 1. The van der Waals surface area contributed by atoms with E-state index in [0.29, 0.717) is 18.1 Å². The first-order chi connectivity index (χ1) is 7.50. The molecule has 16 heavy (non-hydrogen) atoms. The van der Waals surface area contributed by atoms with Crippen molar-refractivity contribution < 1.29 is 4.79 Å². The van der Waals surface area contributed by atoms with Gasteiger partial charge >= 0.3 is 0 Å². The largest absolute Gasteiger partial charge is 0.348 e. The number of nitrogens with one attached hydrogen (secondary N) is 1. The lowest BCUT2D eigenvalue weighted by Gasteiger charge is -2.11. The summed E-state index contributed by atoms with van der Waals surface area (Å²) in [6.45, 7) is 0.989. The topological polar surface area (TPSA) is 32.3 Å². The second-order valence-electron chi connectivity index (χ2n) is 3.64. The minimum Gasteiger partial charge on any atom is -0.348 e. The molecule has 1 N–H and O–H groups in total. The van der Waals surface area contributed by atoms with Crippen LogP contribution in [0, 0.1) is 0 Å². The van der Waals surface area contributed by atoms with Gasteiger partial charge in [-0.05, 0) is 33.6 Å². The highest BCUT2D eigenvalue weighted by atomic mass is 79.9. The van der Waals surface area contributed by atoms with Gasteiger partial charge in [0.05, 0.1) is 11.6 Å². The number of carbonyl (C=O) groups excluding carboxylic acids is 1. The van der Waals surface area contributed by atoms with Crippen molar-refractivity contribution in [3.05, 3.63) is 33.3 Å². The van der Waals surface area contributed by atoms with Crippen LogP contribution in [0.5, 0.6) is 0 Å². The average Bonchev–Trinajstić information content (AvgIpc) is 2.23. The molecule has 3 nitrogen and oxygen atoms in total. The lowest BCUT2D eigenvalue weighted by molar-refractivity contribution is -0.127. The van der Waals surface area contributed by atoms with E-state index in [1.54, 1.807) is 19.0 Å². The Kier molecular flexibility index (Phi) is 5.25. The van der Waals surface area contributed by atoms with E-state index < -0.39 is 0 Å². The average molecular weight is 306 g/mol. The Morgan fingerprint density at radius 2 is 2.19 bits per heavy atom. The zero-order chi connectivity index (χ0) is 12.1. The van der Waals surface area contributed by atoms with E-state index in [0.717, 1.165) is 10.0 Å². The molecule has 1 aromatic rings. The van der Waals surface area contributed by atoms with Crippen molar-refractivity contribution in [3.63, 3.8) is 0 Å². The fourth-order valence-electron chi connectivity index (χ4n) is 1.12. The van der Waals surface area contributed by atoms with E-state index in [1.807, 2.05) is 18.2 Å². The van der Waals surface area contributed by atoms with Gasteiger partial charge < -0.3 is 10.2 Å². The number of nitrogens with zero attached hydrogens (tertiary/aromatic N) is 1. The highest BCUT2D eigenvalue weighted by Gasteiger charge is 2.03. The molecule has 0 atom stereocenters. The number of likely N-dealkylation sites (N-methyl/N-ethyl adjacent to an activating group) is 1. The van der Waals surface area contributed by atoms with Crippen LogP contribution in [-0.4, -0.2) is 31.4 Å². The lowest BCUT2D eigenvalue weighted by atomic mass is 10.2. The van der Waals surface area contributed by atoms with Gasteiger partial charge in [0.1, 0.15) is 0 Å². The van der Waals surface area contributed by atoms with Crippen LogP contribution >= 0.6 is 27.5 Å². The van der Waals surface area contributed by atoms with E-state index in [1.165, 1.54) is 0 Å². The normalized spacial score (nSPS) is 10.2. The number of hydrogen-bond acceptors (Lipinski definition) is 2. The fourth-order valence-corrected chi connectivity index (χ4v) is 1.67. The zero-order valence-corrected chi connectivity index (χ0v) is 11.6. The third kappa shape index (κ3) is 4.12. The lowest BCUT2D eigenvalue weighted by Crippen LogP contribution is -2.32. The standard InChI is InChI=1S/C11H14BrClN2O/c1-15(2)11(16)7-14-6-8-3-4-10(13)9(12)5-8/h3-5,14H,6-7H2,1-2H3. The van der Waals surface area contributed by atoms with Crippen molar-refractivity contribution in [1.82, 2.24) is 10.2 Å². The van der Waals surface area contributed by atoms with Gasteiger partial charge in [-0.15, -0.1) is 0 Å².